The summed E-state index contributed by atoms with van der Waals surface area (Å²) in [6.45, 7) is 2.91. The molecule has 3 aromatic heterocycles. The van der Waals surface area contributed by atoms with Gasteiger partial charge < -0.3 is 15.5 Å². The number of carbonyl (C=O) groups is 1. The molecule has 1 aliphatic heterocycles. The van der Waals surface area contributed by atoms with Crippen molar-refractivity contribution >= 4 is 28.7 Å². The molecule has 0 radical (unpaired) electrons. The summed E-state index contributed by atoms with van der Waals surface area (Å²) in [5.74, 6) is 0.0344. The van der Waals surface area contributed by atoms with Crippen LogP contribution in [0, 0.1) is 5.82 Å². The van der Waals surface area contributed by atoms with E-state index in [1.165, 1.54) is 6.20 Å². The Morgan fingerprint density at radius 3 is 2.56 bits per heavy atom. The van der Waals surface area contributed by atoms with Crippen molar-refractivity contribution in [3.63, 3.8) is 0 Å². The third-order valence-corrected chi connectivity index (χ3v) is 5.14. The summed E-state index contributed by atoms with van der Waals surface area (Å²) in [4.78, 5) is 35.4. The number of amides is 1. The summed E-state index contributed by atoms with van der Waals surface area (Å²) in [5, 5.41) is 6.18. The molecule has 1 saturated heterocycles. The van der Waals surface area contributed by atoms with E-state index in [-0.39, 0.29) is 17.5 Å². The fourth-order valence-electron chi connectivity index (χ4n) is 3.50. The van der Waals surface area contributed by atoms with E-state index in [0.29, 0.717) is 41.1 Å². The van der Waals surface area contributed by atoms with Crippen molar-refractivity contribution in [2.45, 2.75) is 0 Å². The number of nitrogens with one attached hydrogen (secondary N) is 2. The Morgan fingerprint density at radius 2 is 1.78 bits per heavy atom. The number of hydrogen-bond acceptors (Lipinski definition) is 8. The first-order valence-electron chi connectivity index (χ1n) is 10.1. The Morgan fingerprint density at radius 1 is 0.969 bits per heavy atom. The molecule has 2 N–H and O–H groups in total. The second kappa shape index (κ2) is 8.60. The van der Waals surface area contributed by atoms with Gasteiger partial charge in [0.15, 0.2) is 5.82 Å². The molecule has 4 heterocycles. The maximum absolute atomic E-state index is 14.5. The summed E-state index contributed by atoms with van der Waals surface area (Å²) in [6, 6.07) is 8.61. The Balaban J connectivity index is 1.36. The fourth-order valence-corrected chi connectivity index (χ4v) is 3.50. The highest BCUT2D eigenvalue weighted by molar-refractivity contribution is 5.94. The van der Waals surface area contributed by atoms with E-state index in [9.17, 15) is 9.18 Å². The highest BCUT2D eigenvalue weighted by Crippen LogP contribution is 2.24. The Labute approximate surface area is 182 Å². The topological polar surface area (TPSA) is 109 Å². The Kier molecular flexibility index (Phi) is 5.34. The summed E-state index contributed by atoms with van der Waals surface area (Å²) < 4.78 is 14.5. The van der Waals surface area contributed by atoms with Crippen LogP contribution >= 0.6 is 0 Å². The lowest BCUT2D eigenvalue weighted by atomic mass is 10.1. The number of fused-ring (bicyclic) bond motifs is 1. The maximum atomic E-state index is 14.5. The lowest BCUT2D eigenvalue weighted by Gasteiger charge is -2.27. The number of benzene rings is 1. The van der Waals surface area contributed by atoms with Gasteiger partial charge in [0.25, 0.3) is 5.91 Å². The van der Waals surface area contributed by atoms with E-state index in [0.717, 1.165) is 19.3 Å². The van der Waals surface area contributed by atoms with Crippen LogP contribution in [0.25, 0.3) is 22.3 Å². The first kappa shape index (κ1) is 19.9. The minimum Gasteiger partial charge on any atom is -0.336 e. The molecule has 0 unspecified atom stereocenters. The standard InChI is InChI=1S/C22H19FN8O/c23-16-13-28-22(30-20(16)14-1-3-17-18(11-14)26-6-5-25-17)29-19-4-2-15(12-27-19)21(32)31-9-7-24-8-10-31/h1-6,11-13,24H,7-10H2,(H,27,28,29,30). The first-order valence-corrected chi connectivity index (χ1v) is 10.1. The molecule has 0 bridgehead atoms. The molecule has 1 fully saturated rings. The van der Waals surface area contributed by atoms with Gasteiger partial charge in [0, 0.05) is 50.3 Å². The van der Waals surface area contributed by atoms with Gasteiger partial charge in [-0.05, 0) is 24.3 Å². The number of nitrogens with zero attached hydrogens (tertiary/aromatic N) is 6. The van der Waals surface area contributed by atoms with Gasteiger partial charge in [-0.15, -0.1) is 0 Å². The minimum absolute atomic E-state index is 0.0507. The number of piperazine rings is 1. The van der Waals surface area contributed by atoms with Crippen LogP contribution in [0.3, 0.4) is 0 Å². The Hall–Kier alpha value is -4.05. The zero-order valence-electron chi connectivity index (χ0n) is 17.0. The van der Waals surface area contributed by atoms with Gasteiger partial charge in [-0.1, -0.05) is 6.07 Å². The molecule has 0 aliphatic carbocycles. The highest BCUT2D eigenvalue weighted by Gasteiger charge is 2.18. The predicted molar refractivity (Wildman–Crippen MR) is 117 cm³/mol. The average molecular weight is 430 g/mol. The lowest BCUT2D eigenvalue weighted by molar-refractivity contribution is 0.0735. The molecule has 0 atom stereocenters. The number of halogens is 1. The molecule has 4 aromatic rings. The van der Waals surface area contributed by atoms with Crippen LogP contribution in [0.2, 0.25) is 0 Å². The number of pyridine rings is 1. The van der Waals surface area contributed by atoms with Crippen molar-refractivity contribution in [1.29, 1.82) is 0 Å². The summed E-state index contributed by atoms with van der Waals surface area (Å²) in [7, 11) is 0. The third kappa shape index (κ3) is 4.08. The molecule has 160 valence electrons. The van der Waals surface area contributed by atoms with Crippen LogP contribution in [0.15, 0.2) is 55.1 Å². The largest absolute Gasteiger partial charge is 0.336 e. The van der Waals surface area contributed by atoms with Gasteiger partial charge in [0.05, 0.1) is 22.8 Å². The highest BCUT2D eigenvalue weighted by atomic mass is 19.1. The molecule has 1 amide bonds. The Bertz CT molecular complexity index is 1270. The molecular formula is C22H19FN8O. The van der Waals surface area contributed by atoms with E-state index in [1.807, 2.05) is 0 Å². The van der Waals surface area contributed by atoms with E-state index in [2.05, 4.69) is 35.6 Å². The minimum atomic E-state index is -0.552. The fraction of sp³-hybridized carbons (Fsp3) is 0.182. The van der Waals surface area contributed by atoms with Gasteiger partial charge in [-0.25, -0.2) is 19.3 Å². The van der Waals surface area contributed by atoms with Crippen LogP contribution in [0.4, 0.5) is 16.2 Å². The maximum Gasteiger partial charge on any atom is 0.255 e. The van der Waals surface area contributed by atoms with Gasteiger partial charge in [-0.3, -0.25) is 14.8 Å². The molecule has 10 heteroatoms. The summed E-state index contributed by atoms with van der Waals surface area (Å²) in [6.07, 6.45) is 5.80. The molecule has 1 aromatic carbocycles. The summed E-state index contributed by atoms with van der Waals surface area (Å²) >= 11 is 0. The molecule has 0 saturated carbocycles. The van der Waals surface area contributed by atoms with Crippen molar-refractivity contribution in [2.75, 3.05) is 31.5 Å². The smallest absolute Gasteiger partial charge is 0.255 e. The first-order chi connectivity index (χ1) is 15.7. The molecule has 32 heavy (non-hydrogen) atoms. The normalized spacial score (nSPS) is 13.8. The van der Waals surface area contributed by atoms with Crippen LogP contribution in [0.5, 0.6) is 0 Å². The van der Waals surface area contributed by atoms with E-state index in [4.69, 9.17) is 0 Å². The van der Waals surface area contributed by atoms with Gasteiger partial charge in [0.1, 0.15) is 11.5 Å². The monoisotopic (exact) mass is 430 g/mol. The number of aromatic nitrogens is 5. The van der Waals surface area contributed by atoms with Crippen LogP contribution < -0.4 is 10.6 Å². The number of rotatable bonds is 4. The molecule has 0 spiro atoms. The van der Waals surface area contributed by atoms with Crippen molar-refractivity contribution in [1.82, 2.24) is 35.1 Å². The second-order valence-corrected chi connectivity index (χ2v) is 7.25. The van der Waals surface area contributed by atoms with E-state index in [1.54, 1.807) is 47.6 Å². The number of carbonyl (C=O) groups excluding carboxylic acids is 1. The zero-order chi connectivity index (χ0) is 21.9. The third-order valence-electron chi connectivity index (χ3n) is 5.14. The average Bonchev–Trinajstić information content (AvgIpc) is 2.85. The molecule has 1 aliphatic rings. The van der Waals surface area contributed by atoms with Gasteiger partial charge in [-0.2, -0.15) is 0 Å². The SMILES string of the molecule is O=C(c1ccc(Nc2ncc(F)c(-c3ccc4nccnc4c3)n2)nc1)N1CCNCC1. The number of hydrogen-bond donors (Lipinski definition) is 2. The lowest BCUT2D eigenvalue weighted by Crippen LogP contribution is -2.46. The zero-order valence-corrected chi connectivity index (χ0v) is 17.0. The van der Waals surface area contributed by atoms with Crippen molar-refractivity contribution < 1.29 is 9.18 Å². The quantitative estimate of drug-likeness (QED) is 0.508. The molecular weight excluding hydrogens is 411 g/mol. The van der Waals surface area contributed by atoms with Crippen LogP contribution in [-0.4, -0.2) is 61.9 Å². The molecule has 9 nitrogen and oxygen atoms in total. The van der Waals surface area contributed by atoms with Crippen molar-refractivity contribution in [2.24, 2.45) is 0 Å². The second-order valence-electron chi connectivity index (χ2n) is 7.25. The van der Waals surface area contributed by atoms with Crippen molar-refractivity contribution in [3.8, 4) is 11.3 Å². The van der Waals surface area contributed by atoms with Crippen molar-refractivity contribution in [3.05, 3.63) is 66.5 Å². The van der Waals surface area contributed by atoms with Crippen LogP contribution in [-0.2, 0) is 0 Å². The molecule has 5 rings (SSSR count). The van der Waals surface area contributed by atoms with Gasteiger partial charge in [0.2, 0.25) is 5.95 Å². The van der Waals surface area contributed by atoms with E-state index < -0.39 is 5.82 Å². The van der Waals surface area contributed by atoms with Crippen LogP contribution in [0.1, 0.15) is 10.4 Å². The van der Waals surface area contributed by atoms with E-state index >= 15 is 0 Å². The summed E-state index contributed by atoms with van der Waals surface area (Å²) in [5.41, 5.74) is 2.56. The number of anilines is 2. The predicted octanol–water partition coefficient (Wildman–Crippen LogP) is 2.41. The van der Waals surface area contributed by atoms with Gasteiger partial charge >= 0.3 is 0 Å².